The number of carboxylic acids is 1. The second-order valence-corrected chi connectivity index (χ2v) is 10.5. The minimum absolute atomic E-state index is 0.00668. The molecule has 4 unspecified atom stereocenters. The van der Waals surface area contributed by atoms with Gasteiger partial charge < -0.3 is 37.6 Å². The number of aromatic hydroxyl groups is 1. The predicted molar refractivity (Wildman–Crippen MR) is 148 cm³/mol. The summed E-state index contributed by atoms with van der Waals surface area (Å²) in [6.07, 6.45) is 3.91. The zero-order valence-electron chi connectivity index (χ0n) is 21.5. The molecule has 0 saturated carbocycles. The van der Waals surface area contributed by atoms with Crippen LogP contribution in [0.25, 0.3) is 0 Å². The third-order valence-electron chi connectivity index (χ3n) is 5.52. The van der Waals surface area contributed by atoms with Crippen molar-refractivity contribution in [3.8, 4) is 5.75 Å². The monoisotopic (exact) mass is 571 g/mol. The number of phenols is 1. The van der Waals surface area contributed by atoms with Crippen LogP contribution in [0.1, 0.15) is 31.2 Å². The van der Waals surface area contributed by atoms with E-state index in [9.17, 15) is 34.2 Å². The van der Waals surface area contributed by atoms with Gasteiger partial charge in [0.25, 0.3) is 0 Å². The maximum absolute atomic E-state index is 13.1. The Labute approximate surface area is 230 Å². The number of nitrogens with one attached hydrogen (secondary N) is 3. The molecule has 4 atom stereocenters. The van der Waals surface area contributed by atoms with E-state index in [-0.39, 0.29) is 31.4 Å². The number of hydrogen-bond donors (Lipinski definition) is 7. The first-order chi connectivity index (χ1) is 18.0. The Hall–Kier alpha value is -2.97. The average molecular weight is 572 g/mol. The van der Waals surface area contributed by atoms with Gasteiger partial charge in [-0.15, -0.1) is 0 Å². The quantitative estimate of drug-likeness (QED) is 0.121. The molecule has 0 fully saturated rings. The number of carbonyl (C=O) groups is 5. The second-order valence-electron chi connectivity index (χ2n) is 8.57. The topological polar surface area (TPSA) is 214 Å². The van der Waals surface area contributed by atoms with E-state index in [1.54, 1.807) is 0 Å². The number of carboxylic acid groups (broad SMARTS) is 1. The summed E-state index contributed by atoms with van der Waals surface area (Å²) in [6.45, 7) is 0. The zero-order chi connectivity index (χ0) is 28.7. The maximum Gasteiger partial charge on any atom is 0.326 e. The zero-order valence-corrected chi connectivity index (χ0v) is 23.1. The highest BCUT2D eigenvalue weighted by Gasteiger charge is 2.30. The van der Waals surface area contributed by atoms with Crippen LogP contribution in [-0.2, 0) is 30.4 Å². The second kappa shape index (κ2) is 17.5. The molecule has 0 aliphatic carbocycles. The predicted octanol–water partition coefficient (Wildman–Crippen LogP) is -0.427. The van der Waals surface area contributed by atoms with Crippen molar-refractivity contribution in [2.45, 2.75) is 56.3 Å². The SMILES string of the molecule is CSCCC(N)C(=O)NC(CCSC)C(=O)NC(CCC(N)=O)C(=O)NC(Cc1ccc(O)cc1)C(=O)O. The molecule has 212 valence electrons. The van der Waals surface area contributed by atoms with E-state index < -0.39 is 53.8 Å². The molecule has 9 N–H and O–H groups in total. The Morgan fingerprint density at radius 3 is 1.84 bits per heavy atom. The first kappa shape index (κ1) is 33.1. The number of thioether (sulfide) groups is 2. The molecule has 38 heavy (non-hydrogen) atoms. The highest BCUT2D eigenvalue weighted by molar-refractivity contribution is 7.98. The van der Waals surface area contributed by atoms with Crippen LogP contribution in [0, 0.1) is 0 Å². The first-order valence-corrected chi connectivity index (χ1v) is 14.7. The molecule has 0 radical (unpaired) electrons. The summed E-state index contributed by atoms with van der Waals surface area (Å²) < 4.78 is 0. The molecule has 0 spiro atoms. The normalized spacial score (nSPS) is 14.0. The Morgan fingerprint density at radius 1 is 0.816 bits per heavy atom. The molecule has 14 heteroatoms. The molecule has 1 aromatic rings. The fourth-order valence-corrected chi connectivity index (χ4v) is 4.29. The molecule has 0 aliphatic rings. The van der Waals surface area contributed by atoms with Crippen LogP contribution < -0.4 is 27.4 Å². The smallest absolute Gasteiger partial charge is 0.326 e. The molecule has 1 rings (SSSR count). The van der Waals surface area contributed by atoms with Gasteiger partial charge in [0.15, 0.2) is 0 Å². The number of amides is 4. The van der Waals surface area contributed by atoms with Gasteiger partial charge in [-0.25, -0.2) is 4.79 Å². The van der Waals surface area contributed by atoms with Crippen molar-refractivity contribution in [3.05, 3.63) is 29.8 Å². The lowest BCUT2D eigenvalue weighted by Gasteiger charge is -2.25. The maximum atomic E-state index is 13.1. The lowest BCUT2D eigenvalue weighted by molar-refractivity contribution is -0.142. The van der Waals surface area contributed by atoms with Crippen molar-refractivity contribution in [2.24, 2.45) is 11.5 Å². The Morgan fingerprint density at radius 2 is 1.32 bits per heavy atom. The molecule has 0 heterocycles. The number of rotatable bonds is 18. The Balaban J connectivity index is 3.01. The van der Waals surface area contributed by atoms with Crippen molar-refractivity contribution >= 4 is 53.1 Å². The van der Waals surface area contributed by atoms with Gasteiger partial charge in [-0.05, 0) is 61.0 Å². The third-order valence-corrected chi connectivity index (χ3v) is 6.80. The first-order valence-electron chi connectivity index (χ1n) is 11.9. The van der Waals surface area contributed by atoms with Crippen molar-refractivity contribution < 1.29 is 34.2 Å². The van der Waals surface area contributed by atoms with Crippen LogP contribution in [0.2, 0.25) is 0 Å². The van der Waals surface area contributed by atoms with E-state index in [2.05, 4.69) is 16.0 Å². The molecule has 1 aromatic carbocycles. The van der Waals surface area contributed by atoms with Crippen molar-refractivity contribution in [1.29, 1.82) is 0 Å². The molecule has 4 amide bonds. The highest BCUT2D eigenvalue weighted by atomic mass is 32.2. The summed E-state index contributed by atoms with van der Waals surface area (Å²) in [4.78, 5) is 61.9. The van der Waals surface area contributed by atoms with E-state index in [0.29, 0.717) is 23.5 Å². The highest BCUT2D eigenvalue weighted by Crippen LogP contribution is 2.12. The lowest BCUT2D eigenvalue weighted by atomic mass is 10.0. The van der Waals surface area contributed by atoms with Gasteiger partial charge in [-0.2, -0.15) is 23.5 Å². The molecular formula is C24H37N5O7S2. The largest absolute Gasteiger partial charge is 0.508 e. The van der Waals surface area contributed by atoms with Gasteiger partial charge in [0.2, 0.25) is 23.6 Å². The average Bonchev–Trinajstić information content (AvgIpc) is 2.87. The molecule has 0 saturated heterocycles. The molecular weight excluding hydrogens is 534 g/mol. The fraction of sp³-hybridized carbons (Fsp3) is 0.542. The Kier molecular flexibility index (Phi) is 15.2. The van der Waals surface area contributed by atoms with Crippen LogP contribution in [0.15, 0.2) is 24.3 Å². The van der Waals surface area contributed by atoms with Crippen LogP contribution in [0.5, 0.6) is 5.75 Å². The molecule has 0 aromatic heterocycles. The number of primary amides is 1. The fourth-order valence-electron chi connectivity index (χ4n) is 3.33. The van der Waals surface area contributed by atoms with Gasteiger partial charge in [-0.1, -0.05) is 12.1 Å². The van der Waals surface area contributed by atoms with Gasteiger partial charge in [-0.3, -0.25) is 19.2 Å². The number of benzene rings is 1. The molecule has 0 aliphatic heterocycles. The minimum atomic E-state index is -1.35. The summed E-state index contributed by atoms with van der Waals surface area (Å²) in [6, 6.07) is 1.39. The lowest BCUT2D eigenvalue weighted by Crippen LogP contribution is -2.57. The van der Waals surface area contributed by atoms with Crippen LogP contribution in [0.3, 0.4) is 0 Å². The van der Waals surface area contributed by atoms with E-state index in [0.717, 1.165) is 0 Å². The number of hydrogen-bond acceptors (Lipinski definition) is 9. The Bertz CT molecular complexity index is 949. The van der Waals surface area contributed by atoms with Gasteiger partial charge in [0, 0.05) is 12.8 Å². The van der Waals surface area contributed by atoms with Crippen LogP contribution >= 0.6 is 23.5 Å². The van der Waals surface area contributed by atoms with Gasteiger partial charge in [0.05, 0.1) is 6.04 Å². The van der Waals surface area contributed by atoms with Crippen molar-refractivity contribution in [1.82, 2.24) is 16.0 Å². The van der Waals surface area contributed by atoms with E-state index in [4.69, 9.17) is 11.5 Å². The number of phenolic OH excluding ortho intramolecular Hbond substituents is 1. The number of nitrogens with two attached hydrogens (primary N) is 2. The van der Waals surface area contributed by atoms with E-state index in [1.165, 1.54) is 47.8 Å². The molecule has 0 bridgehead atoms. The van der Waals surface area contributed by atoms with E-state index in [1.807, 2.05) is 12.5 Å². The molecule has 12 nitrogen and oxygen atoms in total. The number of aliphatic carboxylic acids is 1. The van der Waals surface area contributed by atoms with E-state index >= 15 is 0 Å². The summed E-state index contributed by atoms with van der Waals surface area (Å²) in [5, 5.41) is 26.6. The number of carbonyl (C=O) groups excluding carboxylic acids is 4. The summed E-state index contributed by atoms with van der Waals surface area (Å²) in [5.41, 5.74) is 11.7. The van der Waals surface area contributed by atoms with Gasteiger partial charge >= 0.3 is 5.97 Å². The van der Waals surface area contributed by atoms with Crippen molar-refractivity contribution in [2.75, 3.05) is 24.0 Å². The third kappa shape index (κ3) is 12.5. The minimum Gasteiger partial charge on any atom is -0.508 e. The van der Waals surface area contributed by atoms with Crippen LogP contribution in [0.4, 0.5) is 0 Å². The van der Waals surface area contributed by atoms with Crippen LogP contribution in [-0.4, -0.2) is 88.0 Å². The van der Waals surface area contributed by atoms with Gasteiger partial charge in [0.1, 0.15) is 23.9 Å². The summed E-state index contributed by atoms with van der Waals surface area (Å²) in [5.74, 6) is -2.80. The van der Waals surface area contributed by atoms with Crippen molar-refractivity contribution in [3.63, 3.8) is 0 Å². The summed E-state index contributed by atoms with van der Waals surface area (Å²) in [7, 11) is 0. The standard InChI is InChI=1S/C24H37N5O7S2/c1-37-11-9-16(25)21(32)27-18(10-12-38-2)23(34)28-17(7-8-20(26)31)22(33)29-19(24(35)36)13-14-3-5-15(30)6-4-14/h3-6,16-19,30H,7-13,25H2,1-2H3,(H2,26,31)(H,27,32)(H,28,34)(H,29,33)(H,35,36). The summed E-state index contributed by atoms with van der Waals surface area (Å²) >= 11 is 3.00.